The van der Waals surface area contributed by atoms with Crippen molar-refractivity contribution in [1.29, 1.82) is 0 Å². The smallest absolute Gasteiger partial charge is 0.328 e. The summed E-state index contributed by atoms with van der Waals surface area (Å²) in [5.41, 5.74) is 2.19. The van der Waals surface area contributed by atoms with Crippen LogP contribution in [0.25, 0.3) is 11.1 Å². The van der Waals surface area contributed by atoms with E-state index in [0.717, 1.165) is 11.1 Å². The molecule has 0 aliphatic rings. The summed E-state index contributed by atoms with van der Waals surface area (Å²) in [4.78, 5) is 23.8. The minimum atomic E-state index is -0.656. The van der Waals surface area contributed by atoms with Gasteiger partial charge in [-0.25, -0.2) is 4.79 Å². The molecule has 5 heteroatoms. The predicted molar refractivity (Wildman–Crippen MR) is 101 cm³/mol. The van der Waals surface area contributed by atoms with Crippen molar-refractivity contribution in [2.24, 2.45) is 5.92 Å². The summed E-state index contributed by atoms with van der Waals surface area (Å²) in [6.07, 6.45) is 0.518. The van der Waals surface area contributed by atoms with Gasteiger partial charge in [0.25, 0.3) is 5.91 Å². The summed E-state index contributed by atoms with van der Waals surface area (Å²) >= 11 is 0. The van der Waals surface area contributed by atoms with Gasteiger partial charge in [0.05, 0.1) is 7.11 Å². The molecule has 1 amide bonds. The van der Waals surface area contributed by atoms with Crippen LogP contribution >= 0.6 is 0 Å². The van der Waals surface area contributed by atoms with Gasteiger partial charge in [-0.15, -0.1) is 0 Å². The number of amides is 1. The summed E-state index contributed by atoms with van der Waals surface area (Å²) < 4.78 is 10.3. The minimum absolute atomic E-state index is 0.156. The van der Waals surface area contributed by atoms with Crippen molar-refractivity contribution in [3.05, 3.63) is 54.6 Å². The van der Waals surface area contributed by atoms with E-state index in [1.807, 2.05) is 68.4 Å². The SMILES string of the molecule is COC(=O)C(CC(C)C)NC(=O)COc1ccc(-c2ccccc2)cc1. The van der Waals surface area contributed by atoms with Crippen LogP contribution in [-0.4, -0.2) is 31.6 Å². The molecule has 26 heavy (non-hydrogen) atoms. The summed E-state index contributed by atoms with van der Waals surface area (Å²) in [6, 6.07) is 16.9. The topological polar surface area (TPSA) is 64.6 Å². The van der Waals surface area contributed by atoms with Crippen LogP contribution in [0.4, 0.5) is 0 Å². The Hall–Kier alpha value is -2.82. The van der Waals surface area contributed by atoms with E-state index in [2.05, 4.69) is 5.32 Å². The van der Waals surface area contributed by atoms with Gasteiger partial charge >= 0.3 is 5.97 Å². The lowest BCUT2D eigenvalue weighted by molar-refractivity contribution is -0.145. The van der Waals surface area contributed by atoms with Gasteiger partial charge in [-0.05, 0) is 35.6 Å². The van der Waals surface area contributed by atoms with Crippen molar-refractivity contribution in [1.82, 2.24) is 5.32 Å². The van der Waals surface area contributed by atoms with Gasteiger partial charge in [0.1, 0.15) is 11.8 Å². The maximum absolute atomic E-state index is 12.1. The lowest BCUT2D eigenvalue weighted by Crippen LogP contribution is -2.44. The Balaban J connectivity index is 1.89. The second-order valence-electron chi connectivity index (χ2n) is 6.45. The van der Waals surface area contributed by atoms with Crippen molar-refractivity contribution >= 4 is 11.9 Å². The molecule has 0 aliphatic heterocycles. The molecule has 2 aromatic carbocycles. The number of hydrogen-bond acceptors (Lipinski definition) is 4. The molecule has 0 saturated carbocycles. The molecule has 2 rings (SSSR count). The molecule has 0 saturated heterocycles. The lowest BCUT2D eigenvalue weighted by Gasteiger charge is -2.18. The van der Waals surface area contributed by atoms with Crippen LogP contribution in [0.1, 0.15) is 20.3 Å². The molecular formula is C21H25NO4. The molecule has 1 unspecified atom stereocenters. The molecule has 0 aromatic heterocycles. The van der Waals surface area contributed by atoms with Crippen LogP contribution in [0.15, 0.2) is 54.6 Å². The maximum Gasteiger partial charge on any atom is 0.328 e. The number of esters is 1. The molecule has 0 fully saturated rings. The van der Waals surface area contributed by atoms with Crippen LogP contribution in [0.3, 0.4) is 0 Å². The summed E-state index contributed by atoms with van der Waals surface area (Å²) in [7, 11) is 1.31. The summed E-state index contributed by atoms with van der Waals surface area (Å²) in [5, 5.41) is 2.67. The van der Waals surface area contributed by atoms with Crippen LogP contribution in [0.5, 0.6) is 5.75 Å². The highest BCUT2D eigenvalue weighted by Crippen LogP contribution is 2.22. The third-order valence-corrected chi connectivity index (χ3v) is 3.86. The van der Waals surface area contributed by atoms with Gasteiger partial charge in [0.2, 0.25) is 0 Å². The number of carbonyl (C=O) groups excluding carboxylic acids is 2. The number of methoxy groups -OCH3 is 1. The van der Waals surface area contributed by atoms with Crippen LogP contribution in [0.2, 0.25) is 0 Å². The van der Waals surface area contributed by atoms with Crippen LogP contribution < -0.4 is 10.1 Å². The molecule has 0 radical (unpaired) electrons. The Bertz CT molecular complexity index is 711. The second kappa shape index (κ2) is 9.61. The predicted octanol–water partition coefficient (Wildman–Crippen LogP) is 3.44. The number of ether oxygens (including phenoxy) is 2. The van der Waals surface area contributed by atoms with Crippen molar-refractivity contribution in [3.8, 4) is 16.9 Å². The molecule has 1 N–H and O–H groups in total. The third-order valence-electron chi connectivity index (χ3n) is 3.86. The van der Waals surface area contributed by atoms with Crippen molar-refractivity contribution in [2.45, 2.75) is 26.3 Å². The average Bonchev–Trinajstić information content (AvgIpc) is 2.66. The van der Waals surface area contributed by atoms with E-state index in [4.69, 9.17) is 9.47 Å². The first-order valence-corrected chi connectivity index (χ1v) is 8.65. The summed E-state index contributed by atoms with van der Waals surface area (Å²) in [6.45, 7) is 3.80. The first kappa shape index (κ1) is 19.5. The maximum atomic E-state index is 12.1. The normalized spacial score (nSPS) is 11.7. The lowest BCUT2D eigenvalue weighted by atomic mass is 10.0. The van der Waals surface area contributed by atoms with Gasteiger partial charge in [0.15, 0.2) is 6.61 Å². The van der Waals surface area contributed by atoms with E-state index in [-0.39, 0.29) is 18.4 Å². The molecule has 2 aromatic rings. The Morgan fingerprint density at radius 1 is 0.962 bits per heavy atom. The zero-order chi connectivity index (χ0) is 18.9. The molecule has 1 atom stereocenters. The van der Waals surface area contributed by atoms with Crippen molar-refractivity contribution in [2.75, 3.05) is 13.7 Å². The van der Waals surface area contributed by atoms with E-state index < -0.39 is 12.0 Å². The fourth-order valence-electron chi connectivity index (χ4n) is 2.59. The summed E-state index contributed by atoms with van der Waals surface area (Å²) in [5.74, 6) is 0.0524. The molecule has 0 heterocycles. The Labute approximate surface area is 154 Å². The van der Waals surface area contributed by atoms with Crippen molar-refractivity contribution in [3.63, 3.8) is 0 Å². The number of carbonyl (C=O) groups is 2. The Morgan fingerprint density at radius 3 is 2.15 bits per heavy atom. The fraction of sp³-hybridized carbons (Fsp3) is 0.333. The molecular weight excluding hydrogens is 330 g/mol. The molecule has 5 nitrogen and oxygen atoms in total. The van der Waals surface area contributed by atoms with Crippen LogP contribution in [-0.2, 0) is 14.3 Å². The average molecular weight is 355 g/mol. The fourth-order valence-corrected chi connectivity index (χ4v) is 2.59. The quantitative estimate of drug-likeness (QED) is 0.737. The second-order valence-corrected chi connectivity index (χ2v) is 6.45. The van der Waals surface area contributed by atoms with Gasteiger partial charge < -0.3 is 14.8 Å². The van der Waals surface area contributed by atoms with E-state index in [1.165, 1.54) is 7.11 Å². The van der Waals surface area contributed by atoms with Gasteiger partial charge in [0, 0.05) is 0 Å². The Morgan fingerprint density at radius 2 is 1.58 bits per heavy atom. The monoisotopic (exact) mass is 355 g/mol. The number of benzene rings is 2. The first-order chi connectivity index (χ1) is 12.5. The molecule has 138 valence electrons. The van der Waals surface area contributed by atoms with E-state index in [9.17, 15) is 9.59 Å². The third kappa shape index (κ3) is 5.92. The van der Waals surface area contributed by atoms with E-state index in [1.54, 1.807) is 0 Å². The molecule has 0 aliphatic carbocycles. The zero-order valence-electron chi connectivity index (χ0n) is 15.4. The standard InChI is InChI=1S/C21H25NO4/c1-15(2)13-19(21(24)25-3)22-20(23)14-26-18-11-9-17(10-12-18)16-7-5-4-6-8-16/h4-12,15,19H,13-14H2,1-3H3,(H,22,23). The minimum Gasteiger partial charge on any atom is -0.484 e. The molecule has 0 bridgehead atoms. The number of rotatable bonds is 8. The van der Waals surface area contributed by atoms with Gasteiger partial charge in [-0.1, -0.05) is 56.3 Å². The van der Waals surface area contributed by atoms with E-state index >= 15 is 0 Å². The van der Waals surface area contributed by atoms with E-state index in [0.29, 0.717) is 12.2 Å². The number of hydrogen-bond donors (Lipinski definition) is 1. The first-order valence-electron chi connectivity index (χ1n) is 8.65. The molecule has 0 spiro atoms. The van der Waals surface area contributed by atoms with Crippen molar-refractivity contribution < 1.29 is 19.1 Å². The van der Waals surface area contributed by atoms with Crippen LogP contribution in [0, 0.1) is 5.92 Å². The number of nitrogens with one attached hydrogen (secondary N) is 1. The van der Waals surface area contributed by atoms with Gasteiger partial charge in [-0.3, -0.25) is 4.79 Å². The highest BCUT2D eigenvalue weighted by Gasteiger charge is 2.22. The highest BCUT2D eigenvalue weighted by molar-refractivity contribution is 5.85. The zero-order valence-corrected chi connectivity index (χ0v) is 15.4. The van der Waals surface area contributed by atoms with Gasteiger partial charge in [-0.2, -0.15) is 0 Å². The highest BCUT2D eigenvalue weighted by atomic mass is 16.5. The Kier molecular flexibility index (Phi) is 7.21. The largest absolute Gasteiger partial charge is 0.484 e.